The van der Waals surface area contributed by atoms with Crippen molar-refractivity contribution < 1.29 is 14.3 Å². The van der Waals surface area contributed by atoms with Gasteiger partial charge >= 0.3 is 0 Å². The van der Waals surface area contributed by atoms with Crippen molar-refractivity contribution in [1.29, 1.82) is 0 Å². The third kappa shape index (κ3) is 2.50. The topological polar surface area (TPSA) is 40.5 Å². The second-order valence-corrected chi connectivity index (χ2v) is 4.96. The number of halogens is 2. The van der Waals surface area contributed by atoms with Crippen LogP contribution in [0.3, 0.4) is 0 Å². The lowest BCUT2D eigenvalue weighted by atomic mass is 10.1. The number of hydrogen-bond donors (Lipinski definition) is 1. The van der Waals surface area contributed by atoms with Crippen LogP contribution in [0.4, 0.5) is 4.39 Å². The maximum atomic E-state index is 13.1. The molecular formula is C12H13BrFNO2. The number of rotatable bonds is 2. The Morgan fingerprint density at radius 1 is 1.59 bits per heavy atom. The summed E-state index contributed by atoms with van der Waals surface area (Å²) in [4.78, 5) is 13.8. The van der Waals surface area contributed by atoms with Gasteiger partial charge in [0.05, 0.1) is 18.2 Å². The van der Waals surface area contributed by atoms with Crippen molar-refractivity contribution in [3.8, 4) is 0 Å². The van der Waals surface area contributed by atoms with E-state index in [2.05, 4.69) is 15.9 Å². The third-order valence-corrected chi connectivity index (χ3v) is 3.70. The largest absolute Gasteiger partial charge is 0.394 e. The van der Waals surface area contributed by atoms with Crippen LogP contribution in [0, 0.1) is 5.82 Å². The van der Waals surface area contributed by atoms with Crippen molar-refractivity contribution in [2.24, 2.45) is 0 Å². The number of nitrogens with zero attached hydrogens (tertiary/aromatic N) is 1. The van der Waals surface area contributed by atoms with Gasteiger partial charge in [-0.3, -0.25) is 4.79 Å². The first-order valence-corrected chi connectivity index (χ1v) is 6.29. The minimum Gasteiger partial charge on any atom is -0.394 e. The molecule has 0 saturated carbocycles. The summed E-state index contributed by atoms with van der Waals surface area (Å²) in [6.45, 7) is 0.575. The Balaban J connectivity index is 2.27. The van der Waals surface area contributed by atoms with Gasteiger partial charge in [0.25, 0.3) is 5.91 Å². The second-order valence-electron chi connectivity index (χ2n) is 4.10. The minimum atomic E-state index is -0.434. The summed E-state index contributed by atoms with van der Waals surface area (Å²) in [5, 5.41) is 9.18. The van der Waals surface area contributed by atoms with Crippen LogP contribution in [-0.2, 0) is 0 Å². The molecule has 0 bridgehead atoms. The lowest BCUT2D eigenvalue weighted by molar-refractivity contribution is 0.0676. The minimum absolute atomic E-state index is 0.0430. The van der Waals surface area contributed by atoms with E-state index in [0.717, 1.165) is 12.8 Å². The standard InChI is InChI=1S/C12H13BrFNO2/c13-11-4-3-8(14)6-10(11)12(17)15-5-1-2-9(15)7-16/h3-4,6,9,16H,1-2,5,7H2/t9-/m0/s1. The number of carbonyl (C=O) groups is 1. The van der Waals surface area contributed by atoms with Gasteiger partial charge in [-0.25, -0.2) is 4.39 Å². The quantitative estimate of drug-likeness (QED) is 0.910. The van der Waals surface area contributed by atoms with Gasteiger partial charge in [0.15, 0.2) is 0 Å². The fourth-order valence-corrected chi connectivity index (χ4v) is 2.53. The maximum absolute atomic E-state index is 13.1. The van der Waals surface area contributed by atoms with E-state index in [0.29, 0.717) is 16.6 Å². The summed E-state index contributed by atoms with van der Waals surface area (Å²) < 4.78 is 13.7. The van der Waals surface area contributed by atoms with Gasteiger partial charge in [-0.15, -0.1) is 0 Å². The number of benzene rings is 1. The first kappa shape index (κ1) is 12.5. The van der Waals surface area contributed by atoms with Gasteiger partial charge in [0, 0.05) is 11.0 Å². The fourth-order valence-electron chi connectivity index (χ4n) is 2.11. The first-order chi connectivity index (χ1) is 8.13. The van der Waals surface area contributed by atoms with Gasteiger partial charge in [-0.05, 0) is 47.0 Å². The van der Waals surface area contributed by atoms with Crippen LogP contribution in [0.15, 0.2) is 22.7 Å². The van der Waals surface area contributed by atoms with E-state index < -0.39 is 5.82 Å². The average molecular weight is 302 g/mol. The fraction of sp³-hybridized carbons (Fsp3) is 0.417. The highest BCUT2D eigenvalue weighted by Crippen LogP contribution is 2.24. The number of amides is 1. The van der Waals surface area contributed by atoms with E-state index in [1.807, 2.05) is 0 Å². The Bertz CT molecular complexity index is 439. The van der Waals surface area contributed by atoms with Crippen molar-refractivity contribution in [2.45, 2.75) is 18.9 Å². The molecule has 1 amide bonds. The SMILES string of the molecule is O=C(c1cc(F)ccc1Br)N1CCC[C@H]1CO. The maximum Gasteiger partial charge on any atom is 0.255 e. The predicted molar refractivity (Wildman–Crippen MR) is 65.2 cm³/mol. The molecule has 1 heterocycles. The van der Waals surface area contributed by atoms with E-state index in [9.17, 15) is 14.3 Å². The van der Waals surface area contributed by atoms with E-state index in [-0.39, 0.29) is 18.6 Å². The monoisotopic (exact) mass is 301 g/mol. The van der Waals surface area contributed by atoms with Crippen molar-refractivity contribution in [2.75, 3.05) is 13.2 Å². The molecule has 1 saturated heterocycles. The van der Waals surface area contributed by atoms with E-state index >= 15 is 0 Å². The van der Waals surface area contributed by atoms with Crippen LogP contribution in [-0.4, -0.2) is 35.1 Å². The Morgan fingerprint density at radius 3 is 3.06 bits per heavy atom. The zero-order valence-electron chi connectivity index (χ0n) is 9.20. The highest BCUT2D eigenvalue weighted by atomic mass is 79.9. The Kier molecular flexibility index (Phi) is 3.79. The smallest absolute Gasteiger partial charge is 0.255 e. The molecule has 0 spiro atoms. The molecule has 17 heavy (non-hydrogen) atoms. The lowest BCUT2D eigenvalue weighted by Crippen LogP contribution is -2.37. The molecule has 92 valence electrons. The molecule has 1 aromatic rings. The zero-order valence-corrected chi connectivity index (χ0v) is 10.8. The molecule has 0 radical (unpaired) electrons. The molecule has 3 nitrogen and oxygen atoms in total. The van der Waals surface area contributed by atoms with Crippen LogP contribution in [0.2, 0.25) is 0 Å². The summed E-state index contributed by atoms with van der Waals surface area (Å²) in [7, 11) is 0. The van der Waals surface area contributed by atoms with Crippen LogP contribution in [0.1, 0.15) is 23.2 Å². The molecule has 1 N–H and O–H groups in total. The van der Waals surface area contributed by atoms with Gasteiger partial charge in [-0.2, -0.15) is 0 Å². The van der Waals surface area contributed by atoms with Crippen molar-refractivity contribution in [1.82, 2.24) is 4.90 Å². The second kappa shape index (κ2) is 5.14. The molecule has 1 fully saturated rings. The Hall–Kier alpha value is -0.940. The van der Waals surface area contributed by atoms with E-state index in [4.69, 9.17) is 0 Å². The highest BCUT2D eigenvalue weighted by Gasteiger charge is 2.29. The summed E-state index contributed by atoms with van der Waals surface area (Å²) in [5.41, 5.74) is 0.311. The third-order valence-electron chi connectivity index (χ3n) is 3.01. The number of hydrogen-bond acceptors (Lipinski definition) is 2. The van der Waals surface area contributed by atoms with Crippen LogP contribution in [0.25, 0.3) is 0 Å². The number of aliphatic hydroxyl groups is 1. The summed E-state index contributed by atoms with van der Waals surface area (Å²) in [6.07, 6.45) is 1.68. The summed E-state index contributed by atoms with van der Waals surface area (Å²) in [5.74, 6) is -0.663. The Morgan fingerprint density at radius 2 is 2.35 bits per heavy atom. The number of likely N-dealkylation sites (tertiary alicyclic amines) is 1. The molecule has 5 heteroatoms. The number of carbonyl (C=O) groups excluding carboxylic acids is 1. The van der Waals surface area contributed by atoms with Crippen molar-refractivity contribution in [3.05, 3.63) is 34.1 Å². The molecule has 2 rings (SSSR count). The zero-order chi connectivity index (χ0) is 12.4. The molecule has 1 aliphatic rings. The van der Waals surface area contributed by atoms with Crippen molar-refractivity contribution in [3.63, 3.8) is 0 Å². The van der Waals surface area contributed by atoms with Crippen LogP contribution >= 0.6 is 15.9 Å². The Labute approximate surface area is 107 Å². The lowest BCUT2D eigenvalue weighted by Gasteiger charge is -2.23. The molecule has 1 atom stereocenters. The highest BCUT2D eigenvalue weighted by molar-refractivity contribution is 9.10. The molecule has 1 aliphatic heterocycles. The van der Waals surface area contributed by atoms with Gasteiger partial charge in [0.1, 0.15) is 5.82 Å². The van der Waals surface area contributed by atoms with Gasteiger partial charge in [0.2, 0.25) is 0 Å². The van der Waals surface area contributed by atoms with Crippen molar-refractivity contribution >= 4 is 21.8 Å². The van der Waals surface area contributed by atoms with E-state index in [1.165, 1.54) is 18.2 Å². The van der Waals surface area contributed by atoms with Crippen LogP contribution in [0.5, 0.6) is 0 Å². The first-order valence-electron chi connectivity index (χ1n) is 5.50. The predicted octanol–water partition coefficient (Wildman–Crippen LogP) is 2.19. The number of aliphatic hydroxyl groups excluding tert-OH is 1. The molecule has 0 aromatic heterocycles. The average Bonchev–Trinajstić information content (AvgIpc) is 2.79. The van der Waals surface area contributed by atoms with Gasteiger partial charge < -0.3 is 10.0 Å². The molecule has 0 unspecified atom stereocenters. The summed E-state index contributed by atoms with van der Waals surface area (Å²) >= 11 is 3.24. The van der Waals surface area contributed by atoms with Crippen LogP contribution < -0.4 is 0 Å². The molecular weight excluding hydrogens is 289 g/mol. The molecule has 0 aliphatic carbocycles. The normalized spacial score (nSPS) is 19.7. The van der Waals surface area contributed by atoms with Gasteiger partial charge in [-0.1, -0.05) is 0 Å². The van der Waals surface area contributed by atoms with E-state index in [1.54, 1.807) is 4.90 Å². The molecule has 1 aromatic carbocycles. The summed E-state index contributed by atoms with van der Waals surface area (Å²) in [6, 6.07) is 3.90.